The van der Waals surface area contributed by atoms with Crippen LogP contribution in [0.4, 0.5) is 10.5 Å². The first-order valence-corrected chi connectivity index (χ1v) is 23.7. The number of methoxy groups -OCH3 is 1. The Hall–Kier alpha value is -7.27. The van der Waals surface area contributed by atoms with Gasteiger partial charge in [0.05, 0.1) is 37.4 Å². The monoisotopic (exact) mass is 949 g/mol. The van der Waals surface area contributed by atoms with E-state index in [-0.39, 0.29) is 38.8 Å². The lowest BCUT2D eigenvalue weighted by molar-refractivity contribution is -0.179. The summed E-state index contributed by atoms with van der Waals surface area (Å²) in [6.45, 7) is 5.50. The van der Waals surface area contributed by atoms with Gasteiger partial charge in [0.25, 0.3) is 0 Å². The number of imide groups is 1. The van der Waals surface area contributed by atoms with Crippen molar-refractivity contribution in [3.05, 3.63) is 155 Å². The van der Waals surface area contributed by atoms with Gasteiger partial charge in [-0.3, -0.25) is 24.2 Å². The van der Waals surface area contributed by atoms with E-state index in [2.05, 4.69) is 10.2 Å². The first kappa shape index (κ1) is 46.5. The average Bonchev–Trinajstić information content (AvgIpc) is 4.06. The molecule has 3 saturated heterocycles. The van der Waals surface area contributed by atoms with Crippen molar-refractivity contribution in [2.24, 2.45) is 11.8 Å². The lowest BCUT2D eigenvalue weighted by atomic mass is 9.65. The van der Waals surface area contributed by atoms with E-state index in [0.717, 1.165) is 16.0 Å². The topological polar surface area (TPSA) is 177 Å². The highest BCUT2D eigenvalue weighted by molar-refractivity contribution is 6.25. The molecular weight excluding hydrogens is 895 g/mol. The van der Waals surface area contributed by atoms with Crippen molar-refractivity contribution < 1.29 is 52.8 Å². The summed E-state index contributed by atoms with van der Waals surface area (Å²) in [5, 5.41) is 12.6. The molecule has 16 nitrogen and oxygen atoms in total. The van der Waals surface area contributed by atoms with Gasteiger partial charge in [0.2, 0.25) is 18.6 Å². The number of hydrogen-bond donors (Lipinski definition) is 2. The molecule has 10 rings (SSSR count). The van der Waals surface area contributed by atoms with Crippen molar-refractivity contribution in [2.45, 2.75) is 56.1 Å². The van der Waals surface area contributed by atoms with Gasteiger partial charge in [-0.1, -0.05) is 111 Å². The number of carbonyl (C=O) groups excluding carboxylic acids is 5. The Labute approximate surface area is 405 Å². The Morgan fingerprint density at radius 2 is 1.47 bits per heavy atom. The maximum atomic E-state index is 16.5. The molecule has 3 fully saturated rings. The van der Waals surface area contributed by atoms with Crippen molar-refractivity contribution in [1.82, 2.24) is 20.0 Å². The summed E-state index contributed by atoms with van der Waals surface area (Å²) >= 11 is 0. The molecule has 1 spiro atoms. The number of para-hydroxylation sites is 1. The number of fused-ring (bicyclic) bond motifs is 4. The van der Waals surface area contributed by atoms with E-state index in [0.29, 0.717) is 53.6 Å². The van der Waals surface area contributed by atoms with Crippen molar-refractivity contribution in [2.75, 3.05) is 58.2 Å². The van der Waals surface area contributed by atoms with Crippen LogP contribution in [0.2, 0.25) is 0 Å². The van der Waals surface area contributed by atoms with Gasteiger partial charge in [-0.2, -0.15) is 0 Å². The third kappa shape index (κ3) is 7.98. The van der Waals surface area contributed by atoms with Gasteiger partial charge in [0.1, 0.15) is 36.0 Å². The molecule has 0 bridgehead atoms. The number of urea groups is 1. The van der Waals surface area contributed by atoms with Crippen molar-refractivity contribution in [3.8, 4) is 17.2 Å². The highest BCUT2D eigenvalue weighted by atomic mass is 16.7. The van der Waals surface area contributed by atoms with E-state index in [1.807, 2.05) is 89.8 Å². The third-order valence-corrected chi connectivity index (χ3v) is 14.3. The molecule has 0 aromatic heterocycles. The number of morpholine rings is 1. The van der Waals surface area contributed by atoms with Crippen LogP contribution >= 0.6 is 0 Å². The number of nitrogens with zero attached hydrogens (tertiary/aromatic N) is 4. The number of anilines is 1. The fraction of sp³-hybridized carbons (Fsp3) is 0.352. The zero-order valence-electron chi connectivity index (χ0n) is 39.1. The van der Waals surface area contributed by atoms with Gasteiger partial charge in [0.15, 0.2) is 11.5 Å². The molecule has 2 N–H and O–H groups in total. The standard InChI is InChI=1S/C54H55N5O11/c1-33(2)44(50(62)66-3)55-53(65)58-40-20-11-10-19-39(40)54(52(58)64)43(49(61)57-25-23-56(24-26-57)31-34-21-22-41-42(29-34)69-32-68-41)46-51(63)70-47(36-15-8-5-9-16-36)45(35-13-6-4-7-14-35)59(46)48(54)37-17-12-18-38(30-37)67-28-27-60/h4-22,29-30,33,43-48,60H,23-28,31-32H2,1-3H3,(H,55,65)/t43-,44-,45-,46-,47+,48+,54-/m0/s1. The van der Waals surface area contributed by atoms with Crippen molar-refractivity contribution in [3.63, 3.8) is 0 Å². The van der Waals surface area contributed by atoms with Crippen LogP contribution in [-0.2, 0) is 40.6 Å². The Morgan fingerprint density at radius 1 is 0.786 bits per heavy atom. The molecule has 70 heavy (non-hydrogen) atoms. The summed E-state index contributed by atoms with van der Waals surface area (Å²) < 4.78 is 28.9. The number of nitrogens with one attached hydrogen (secondary N) is 1. The summed E-state index contributed by atoms with van der Waals surface area (Å²) in [6.07, 6.45) is -0.910. The number of esters is 2. The summed E-state index contributed by atoms with van der Waals surface area (Å²) in [5.74, 6) is -2.73. The first-order valence-electron chi connectivity index (χ1n) is 23.7. The number of benzene rings is 5. The van der Waals surface area contributed by atoms with Gasteiger partial charge in [-0.25, -0.2) is 14.5 Å². The zero-order valence-corrected chi connectivity index (χ0v) is 39.1. The number of amides is 4. The number of cyclic esters (lactones) is 1. The molecule has 362 valence electrons. The Kier molecular flexibility index (Phi) is 12.8. The second-order valence-electron chi connectivity index (χ2n) is 18.6. The molecule has 0 unspecified atom stereocenters. The second-order valence-corrected chi connectivity index (χ2v) is 18.6. The van der Waals surface area contributed by atoms with E-state index in [1.54, 1.807) is 61.2 Å². The molecule has 0 radical (unpaired) electrons. The van der Waals surface area contributed by atoms with Crippen molar-refractivity contribution >= 4 is 35.5 Å². The van der Waals surface area contributed by atoms with Crippen LogP contribution < -0.4 is 24.4 Å². The van der Waals surface area contributed by atoms with Gasteiger partial charge in [0, 0.05) is 32.7 Å². The van der Waals surface area contributed by atoms with Crippen LogP contribution in [0.3, 0.4) is 0 Å². The van der Waals surface area contributed by atoms with Gasteiger partial charge in [-0.05, 0) is 64.1 Å². The summed E-state index contributed by atoms with van der Waals surface area (Å²) in [6, 6.07) is 33.5. The summed E-state index contributed by atoms with van der Waals surface area (Å²) in [5.41, 5.74) is 1.57. The van der Waals surface area contributed by atoms with Crippen LogP contribution in [0.25, 0.3) is 0 Å². The highest BCUT2D eigenvalue weighted by Gasteiger charge is 2.76. The number of ether oxygens (including phenoxy) is 5. The fourth-order valence-electron chi connectivity index (χ4n) is 11.2. The number of piperazine rings is 1. The minimum absolute atomic E-state index is 0.0185. The number of aliphatic hydroxyl groups is 1. The molecule has 5 aliphatic heterocycles. The number of rotatable bonds is 12. The van der Waals surface area contributed by atoms with Crippen LogP contribution in [-0.4, -0.2) is 115 Å². The average molecular weight is 950 g/mol. The molecule has 0 saturated carbocycles. The number of carbonyl (C=O) groups is 5. The Bertz CT molecular complexity index is 2790. The largest absolute Gasteiger partial charge is 0.491 e. The zero-order chi connectivity index (χ0) is 48.7. The van der Waals surface area contributed by atoms with E-state index >= 15 is 14.4 Å². The molecule has 5 aromatic rings. The van der Waals surface area contributed by atoms with Gasteiger partial charge >= 0.3 is 18.0 Å². The predicted molar refractivity (Wildman–Crippen MR) is 255 cm³/mol. The Balaban J connectivity index is 1.16. The molecule has 4 amide bonds. The molecule has 5 aromatic carbocycles. The SMILES string of the molecule is COC(=O)[C@@H](NC(=O)N1C(=O)[C@@]2(c3ccccc31)[C@H](C(=O)N1CCN(Cc3ccc4c(c3)OCO4)CC1)[C@H]1C(=O)O[C@H](c3ccccc3)[C@H](c3ccccc3)N1[C@@H]2c1cccc(OCCO)c1)C(C)C. The molecule has 16 heteroatoms. The minimum Gasteiger partial charge on any atom is -0.491 e. The first-order chi connectivity index (χ1) is 34.0. The highest BCUT2D eigenvalue weighted by Crippen LogP contribution is 2.66. The molecular formula is C54H55N5O11. The maximum Gasteiger partial charge on any atom is 0.329 e. The molecule has 5 aliphatic rings. The normalized spacial score (nSPS) is 24.3. The lowest BCUT2D eigenvalue weighted by Crippen LogP contribution is -2.59. The predicted octanol–water partition coefficient (Wildman–Crippen LogP) is 5.70. The summed E-state index contributed by atoms with van der Waals surface area (Å²) in [7, 11) is 1.23. The van der Waals surface area contributed by atoms with E-state index in [4.69, 9.17) is 23.7 Å². The quantitative estimate of drug-likeness (QED) is 0.146. The van der Waals surface area contributed by atoms with Crippen LogP contribution in [0.15, 0.2) is 127 Å². The van der Waals surface area contributed by atoms with Crippen molar-refractivity contribution in [1.29, 1.82) is 0 Å². The third-order valence-electron chi connectivity index (χ3n) is 14.3. The van der Waals surface area contributed by atoms with Gasteiger partial charge in [-0.15, -0.1) is 0 Å². The number of hydrogen-bond acceptors (Lipinski definition) is 13. The fourth-order valence-corrected chi connectivity index (χ4v) is 11.2. The lowest BCUT2D eigenvalue weighted by Gasteiger charge is -2.46. The van der Waals surface area contributed by atoms with E-state index in [1.165, 1.54) is 7.11 Å². The second kappa shape index (κ2) is 19.3. The smallest absolute Gasteiger partial charge is 0.329 e. The van der Waals surface area contributed by atoms with E-state index in [9.17, 15) is 14.7 Å². The van der Waals surface area contributed by atoms with E-state index < -0.39 is 77.3 Å². The van der Waals surface area contributed by atoms with Crippen LogP contribution in [0, 0.1) is 11.8 Å². The Morgan fingerprint density at radius 3 is 2.19 bits per heavy atom. The molecule has 7 atom stereocenters. The maximum absolute atomic E-state index is 16.5. The van der Waals surface area contributed by atoms with Gasteiger partial charge < -0.3 is 39.0 Å². The summed E-state index contributed by atoms with van der Waals surface area (Å²) in [4.78, 5) is 83.3. The molecule has 5 heterocycles. The van der Waals surface area contributed by atoms with Crippen LogP contribution in [0.1, 0.15) is 59.9 Å². The number of aliphatic hydroxyl groups excluding tert-OH is 1. The minimum atomic E-state index is -1.98. The van der Waals surface area contributed by atoms with Crippen LogP contribution in [0.5, 0.6) is 17.2 Å². The molecule has 0 aliphatic carbocycles.